The number of para-hydroxylation sites is 1. The zero-order chi connectivity index (χ0) is 14.2. The molecule has 4 heteroatoms. The largest absolute Gasteiger partial charge is 0.492 e. The van der Waals surface area contributed by atoms with E-state index in [0.29, 0.717) is 6.04 Å². The zero-order valence-electron chi connectivity index (χ0n) is 12.6. The van der Waals surface area contributed by atoms with Crippen molar-refractivity contribution in [1.82, 2.24) is 9.80 Å². The Morgan fingerprint density at radius 3 is 2.71 bits per heavy atom. The van der Waals surface area contributed by atoms with Crippen molar-refractivity contribution >= 4 is 0 Å². The van der Waals surface area contributed by atoms with Crippen molar-refractivity contribution in [1.29, 1.82) is 0 Å². The van der Waals surface area contributed by atoms with Gasteiger partial charge in [0.2, 0.25) is 0 Å². The highest BCUT2D eigenvalue weighted by atomic mass is 16.5. The summed E-state index contributed by atoms with van der Waals surface area (Å²) in [6.45, 7) is 5.61. The van der Waals surface area contributed by atoms with Gasteiger partial charge in [0.05, 0.1) is 12.1 Å². The summed E-state index contributed by atoms with van der Waals surface area (Å²) in [6.07, 6.45) is 4.02. The van der Waals surface area contributed by atoms with E-state index in [1.165, 1.54) is 37.9 Å². The van der Waals surface area contributed by atoms with Gasteiger partial charge < -0.3 is 10.5 Å². The van der Waals surface area contributed by atoms with Gasteiger partial charge in [-0.3, -0.25) is 9.80 Å². The van der Waals surface area contributed by atoms with Crippen molar-refractivity contribution < 1.29 is 4.74 Å². The molecule has 21 heavy (non-hydrogen) atoms. The summed E-state index contributed by atoms with van der Waals surface area (Å²) in [4.78, 5) is 5.23. The average molecular weight is 287 g/mol. The Labute approximate surface area is 126 Å². The summed E-state index contributed by atoms with van der Waals surface area (Å²) in [6, 6.07) is 9.35. The molecule has 0 bridgehead atoms. The first-order chi connectivity index (χ1) is 10.3. The van der Waals surface area contributed by atoms with E-state index < -0.39 is 0 Å². The lowest BCUT2D eigenvalue weighted by molar-refractivity contribution is 0.110. The first-order valence-electron chi connectivity index (χ1n) is 8.28. The van der Waals surface area contributed by atoms with E-state index >= 15 is 0 Å². The average Bonchev–Trinajstić information content (AvgIpc) is 3.19. The first kappa shape index (κ1) is 13.6. The van der Waals surface area contributed by atoms with Crippen LogP contribution in [0.1, 0.15) is 30.9 Å². The van der Waals surface area contributed by atoms with Crippen LogP contribution in [0.3, 0.4) is 0 Å². The Bertz CT molecular complexity index is 501. The van der Waals surface area contributed by atoms with Gasteiger partial charge in [0, 0.05) is 24.7 Å². The molecule has 0 spiro atoms. The van der Waals surface area contributed by atoms with Gasteiger partial charge in [-0.1, -0.05) is 18.2 Å². The Hall–Kier alpha value is -1.10. The summed E-state index contributed by atoms with van der Waals surface area (Å²) in [7, 11) is 0. The number of ether oxygens (including phenoxy) is 1. The second-order valence-electron chi connectivity index (χ2n) is 6.62. The summed E-state index contributed by atoms with van der Waals surface area (Å²) >= 11 is 0. The number of fused-ring (bicyclic) bond motifs is 1. The maximum atomic E-state index is 6.53. The SMILES string of the molecule is NC1c2ccccc2OCC1N1CCC(N2CCCC2)C1. The van der Waals surface area contributed by atoms with Crippen LogP contribution in [0.4, 0.5) is 0 Å². The first-order valence-corrected chi connectivity index (χ1v) is 8.28. The molecule has 4 nitrogen and oxygen atoms in total. The summed E-state index contributed by atoms with van der Waals surface area (Å²) < 4.78 is 5.94. The lowest BCUT2D eigenvalue weighted by Crippen LogP contribution is -2.48. The van der Waals surface area contributed by atoms with E-state index in [1.54, 1.807) is 0 Å². The van der Waals surface area contributed by atoms with Gasteiger partial charge in [-0.2, -0.15) is 0 Å². The lowest BCUT2D eigenvalue weighted by atomic mass is 9.96. The van der Waals surface area contributed by atoms with Gasteiger partial charge in [0.25, 0.3) is 0 Å². The minimum Gasteiger partial charge on any atom is -0.492 e. The highest BCUT2D eigenvalue weighted by Gasteiger charge is 2.38. The second kappa shape index (κ2) is 5.59. The smallest absolute Gasteiger partial charge is 0.124 e. The molecule has 3 aliphatic rings. The summed E-state index contributed by atoms with van der Waals surface area (Å²) in [5.41, 5.74) is 7.70. The van der Waals surface area contributed by atoms with Gasteiger partial charge in [-0.05, 0) is 38.4 Å². The van der Waals surface area contributed by atoms with Gasteiger partial charge in [0.1, 0.15) is 12.4 Å². The monoisotopic (exact) mass is 287 g/mol. The second-order valence-corrected chi connectivity index (χ2v) is 6.62. The van der Waals surface area contributed by atoms with Crippen LogP contribution in [0, 0.1) is 0 Å². The molecule has 4 rings (SSSR count). The Morgan fingerprint density at radius 2 is 1.86 bits per heavy atom. The van der Waals surface area contributed by atoms with Crippen LogP contribution in [-0.4, -0.2) is 54.7 Å². The van der Waals surface area contributed by atoms with E-state index in [0.717, 1.165) is 31.5 Å². The summed E-state index contributed by atoms with van der Waals surface area (Å²) in [5.74, 6) is 0.969. The van der Waals surface area contributed by atoms with Crippen molar-refractivity contribution in [3.63, 3.8) is 0 Å². The number of hydrogen-bond donors (Lipinski definition) is 1. The molecular formula is C17H25N3O. The fourth-order valence-electron chi connectivity index (χ4n) is 4.18. The fraction of sp³-hybridized carbons (Fsp3) is 0.647. The van der Waals surface area contributed by atoms with E-state index in [1.807, 2.05) is 12.1 Å². The highest BCUT2D eigenvalue weighted by Crippen LogP contribution is 2.34. The molecule has 1 aromatic rings. The van der Waals surface area contributed by atoms with Crippen LogP contribution in [0.2, 0.25) is 0 Å². The van der Waals surface area contributed by atoms with Crippen LogP contribution in [0.5, 0.6) is 5.75 Å². The molecule has 3 aliphatic heterocycles. The van der Waals surface area contributed by atoms with Crippen molar-refractivity contribution in [2.24, 2.45) is 5.73 Å². The molecule has 0 radical (unpaired) electrons. The van der Waals surface area contributed by atoms with Crippen LogP contribution in [0.15, 0.2) is 24.3 Å². The number of nitrogens with two attached hydrogens (primary N) is 1. The van der Waals surface area contributed by atoms with E-state index in [9.17, 15) is 0 Å². The highest BCUT2D eigenvalue weighted by molar-refractivity contribution is 5.38. The maximum Gasteiger partial charge on any atom is 0.124 e. The molecule has 3 unspecified atom stereocenters. The van der Waals surface area contributed by atoms with Crippen LogP contribution < -0.4 is 10.5 Å². The van der Waals surface area contributed by atoms with Gasteiger partial charge >= 0.3 is 0 Å². The topological polar surface area (TPSA) is 41.7 Å². The van der Waals surface area contributed by atoms with Gasteiger partial charge in [-0.15, -0.1) is 0 Å². The fourth-order valence-corrected chi connectivity index (χ4v) is 4.18. The predicted octanol–water partition coefficient (Wildman–Crippen LogP) is 1.62. The number of nitrogens with zero attached hydrogens (tertiary/aromatic N) is 2. The molecule has 0 aromatic heterocycles. The third-order valence-corrected chi connectivity index (χ3v) is 5.42. The Kier molecular flexibility index (Phi) is 3.61. The number of benzene rings is 1. The molecule has 3 atom stereocenters. The molecule has 3 heterocycles. The predicted molar refractivity (Wildman–Crippen MR) is 83.4 cm³/mol. The van der Waals surface area contributed by atoms with Crippen LogP contribution in [0.25, 0.3) is 0 Å². The van der Waals surface area contributed by atoms with Crippen LogP contribution >= 0.6 is 0 Å². The molecule has 0 amide bonds. The van der Waals surface area contributed by atoms with E-state index in [4.69, 9.17) is 10.5 Å². The third kappa shape index (κ3) is 2.45. The number of hydrogen-bond acceptors (Lipinski definition) is 4. The minimum atomic E-state index is 0.0762. The van der Waals surface area contributed by atoms with Crippen molar-refractivity contribution in [2.75, 3.05) is 32.8 Å². The van der Waals surface area contributed by atoms with Crippen molar-refractivity contribution in [3.8, 4) is 5.75 Å². The molecule has 0 saturated carbocycles. The number of likely N-dealkylation sites (tertiary alicyclic amines) is 2. The Morgan fingerprint density at radius 1 is 1.05 bits per heavy atom. The molecular weight excluding hydrogens is 262 g/mol. The van der Waals surface area contributed by atoms with E-state index in [-0.39, 0.29) is 6.04 Å². The standard InChI is InChI=1S/C17H25N3O/c18-17-14-5-1-2-6-16(14)21-12-15(17)20-10-7-13(11-20)19-8-3-4-9-19/h1-2,5-6,13,15,17H,3-4,7-12,18H2. The van der Waals surface area contributed by atoms with Crippen LogP contribution in [-0.2, 0) is 0 Å². The molecule has 2 N–H and O–H groups in total. The minimum absolute atomic E-state index is 0.0762. The quantitative estimate of drug-likeness (QED) is 0.897. The normalized spacial score (nSPS) is 33.9. The maximum absolute atomic E-state index is 6.53. The van der Waals surface area contributed by atoms with Crippen molar-refractivity contribution in [3.05, 3.63) is 29.8 Å². The molecule has 0 aliphatic carbocycles. The summed E-state index contributed by atoms with van der Waals surface area (Å²) in [5, 5.41) is 0. The van der Waals surface area contributed by atoms with Gasteiger partial charge in [-0.25, -0.2) is 0 Å². The van der Waals surface area contributed by atoms with E-state index in [2.05, 4.69) is 21.9 Å². The molecule has 2 fully saturated rings. The number of rotatable bonds is 2. The molecule has 114 valence electrons. The van der Waals surface area contributed by atoms with Gasteiger partial charge in [0.15, 0.2) is 0 Å². The molecule has 1 aromatic carbocycles. The van der Waals surface area contributed by atoms with Crippen molar-refractivity contribution in [2.45, 2.75) is 37.4 Å². The Balaban J connectivity index is 1.46. The third-order valence-electron chi connectivity index (χ3n) is 5.42. The zero-order valence-corrected chi connectivity index (χ0v) is 12.6. The lowest BCUT2D eigenvalue weighted by Gasteiger charge is -2.37. The molecule has 2 saturated heterocycles.